The van der Waals surface area contributed by atoms with Gasteiger partial charge in [-0.05, 0) is 30.5 Å². The van der Waals surface area contributed by atoms with Crippen molar-refractivity contribution in [2.24, 2.45) is 5.92 Å². The maximum atomic E-state index is 12.7. The summed E-state index contributed by atoms with van der Waals surface area (Å²) < 4.78 is 38.1. The van der Waals surface area contributed by atoms with Gasteiger partial charge in [-0.15, -0.1) is 0 Å². The summed E-state index contributed by atoms with van der Waals surface area (Å²) in [7, 11) is 0. The monoisotopic (exact) mass is 352 g/mol. The van der Waals surface area contributed by atoms with Gasteiger partial charge in [0.05, 0.1) is 5.56 Å². The van der Waals surface area contributed by atoms with Crippen LogP contribution < -0.4 is 10.6 Å². The molecule has 2 aromatic rings. The lowest BCUT2D eigenvalue weighted by Gasteiger charge is -2.10. The van der Waals surface area contributed by atoms with Crippen LogP contribution in [-0.2, 0) is 6.18 Å². The molecule has 0 aliphatic heterocycles. The molecular weight excluding hydrogens is 333 g/mol. The highest BCUT2D eigenvalue weighted by molar-refractivity contribution is 6.03. The molecule has 0 radical (unpaired) electrons. The Kier molecular flexibility index (Phi) is 5.95. The van der Waals surface area contributed by atoms with Crippen molar-refractivity contribution >= 4 is 17.4 Å². The van der Waals surface area contributed by atoms with Gasteiger partial charge in [0.15, 0.2) is 0 Å². The van der Waals surface area contributed by atoms with Gasteiger partial charge < -0.3 is 10.6 Å². The van der Waals surface area contributed by atoms with Crippen LogP contribution in [0.5, 0.6) is 0 Å². The molecule has 134 valence electrons. The van der Waals surface area contributed by atoms with Crippen LogP contribution in [0.25, 0.3) is 0 Å². The van der Waals surface area contributed by atoms with E-state index in [1.165, 1.54) is 24.5 Å². The van der Waals surface area contributed by atoms with E-state index in [0.717, 1.165) is 18.6 Å². The fraction of sp³-hybridized carbons (Fsp3) is 0.353. The summed E-state index contributed by atoms with van der Waals surface area (Å²) in [4.78, 5) is 20.1. The number of rotatable bonds is 6. The number of nitrogens with zero attached hydrogens (tertiary/aromatic N) is 2. The largest absolute Gasteiger partial charge is 0.416 e. The Labute approximate surface area is 143 Å². The molecule has 0 aliphatic carbocycles. The molecule has 0 atom stereocenters. The number of alkyl halides is 3. The van der Waals surface area contributed by atoms with Crippen molar-refractivity contribution in [1.29, 1.82) is 0 Å². The number of aromatic nitrogens is 2. The van der Waals surface area contributed by atoms with Gasteiger partial charge >= 0.3 is 6.18 Å². The van der Waals surface area contributed by atoms with Gasteiger partial charge in [-0.2, -0.15) is 13.2 Å². The average molecular weight is 352 g/mol. The molecule has 2 N–H and O–H groups in total. The van der Waals surface area contributed by atoms with Crippen molar-refractivity contribution in [2.45, 2.75) is 26.4 Å². The second kappa shape index (κ2) is 7.96. The van der Waals surface area contributed by atoms with E-state index in [9.17, 15) is 18.0 Å². The standard InChI is InChI=1S/C17H19F3N4O/c1-11(2)6-7-21-15-9-14(22-10-23-15)16(25)24-13-5-3-4-12(8-13)17(18,19)20/h3-5,8-11H,6-7H2,1-2H3,(H,24,25)(H,21,22,23). The smallest absolute Gasteiger partial charge is 0.370 e. The fourth-order valence-electron chi connectivity index (χ4n) is 2.04. The lowest BCUT2D eigenvalue weighted by atomic mass is 10.1. The van der Waals surface area contributed by atoms with Crippen molar-refractivity contribution in [2.75, 3.05) is 17.2 Å². The van der Waals surface area contributed by atoms with Crippen molar-refractivity contribution < 1.29 is 18.0 Å². The zero-order chi connectivity index (χ0) is 18.4. The average Bonchev–Trinajstić information content (AvgIpc) is 2.54. The first-order valence-corrected chi connectivity index (χ1v) is 7.80. The van der Waals surface area contributed by atoms with Crippen LogP contribution in [0, 0.1) is 5.92 Å². The van der Waals surface area contributed by atoms with Gasteiger partial charge in [0.25, 0.3) is 5.91 Å². The van der Waals surface area contributed by atoms with E-state index in [-0.39, 0.29) is 11.4 Å². The van der Waals surface area contributed by atoms with Crippen LogP contribution >= 0.6 is 0 Å². The normalized spacial score (nSPS) is 11.4. The molecule has 25 heavy (non-hydrogen) atoms. The third-order valence-corrected chi connectivity index (χ3v) is 3.38. The Bertz CT molecular complexity index is 732. The number of anilines is 2. The number of hydrogen-bond acceptors (Lipinski definition) is 4. The third-order valence-electron chi connectivity index (χ3n) is 3.38. The van der Waals surface area contributed by atoms with Crippen molar-refractivity contribution in [3.8, 4) is 0 Å². The van der Waals surface area contributed by atoms with E-state index >= 15 is 0 Å². The van der Waals surface area contributed by atoms with Gasteiger partial charge in [-0.25, -0.2) is 9.97 Å². The van der Waals surface area contributed by atoms with Gasteiger partial charge in [0.2, 0.25) is 0 Å². The van der Waals surface area contributed by atoms with Crippen molar-refractivity contribution in [3.05, 3.63) is 47.9 Å². The van der Waals surface area contributed by atoms with Crippen molar-refractivity contribution in [3.63, 3.8) is 0 Å². The highest BCUT2D eigenvalue weighted by Crippen LogP contribution is 2.30. The lowest BCUT2D eigenvalue weighted by Crippen LogP contribution is -2.16. The van der Waals surface area contributed by atoms with Crippen LogP contribution in [-0.4, -0.2) is 22.4 Å². The van der Waals surface area contributed by atoms with Crippen LogP contribution in [0.2, 0.25) is 0 Å². The first-order valence-electron chi connectivity index (χ1n) is 7.80. The molecule has 0 spiro atoms. The van der Waals surface area contributed by atoms with E-state index in [4.69, 9.17) is 0 Å². The maximum Gasteiger partial charge on any atom is 0.416 e. The number of hydrogen-bond donors (Lipinski definition) is 2. The van der Waals surface area contributed by atoms with Gasteiger partial charge in [0.1, 0.15) is 17.8 Å². The predicted molar refractivity (Wildman–Crippen MR) is 89.4 cm³/mol. The Morgan fingerprint density at radius 2 is 1.96 bits per heavy atom. The first kappa shape index (κ1) is 18.7. The lowest BCUT2D eigenvalue weighted by molar-refractivity contribution is -0.137. The summed E-state index contributed by atoms with van der Waals surface area (Å²) in [5, 5.41) is 5.50. The molecule has 0 saturated carbocycles. The van der Waals surface area contributed by atoms with Crippen LogP contribution in [0.3, 0.4) is 0 Å². The number of carbonyl (C=O) groups excluding carboxylic acids is 1. The zero-order valence-electron chi connectivity index (χ0n) is 13.9. The second-order valence-corrected chi connectivity index (χ2v) is 5.93. The summed E-state index contributed by atoms with van der Waals surface area (Å²) in [6.07, 6.45) is -2.29. The molecule has 5 nitrogen and oxygen atoms in total. The molecule has 0 fully saturated rings. The molecule has 8 heteroatoms. The summed E-state index contributed by atoms with van der Waals surface area (Å²) in [6.45, 7) is 4.88. The summed E-state index contributed by atoms with van der Waals surface area (Å²) in [6, 6.07) is 5.90. The zero-order valence-corrected chi connectivity index (χ0v) is 13.9. The minimum atomic E-state index is -4.47. The maximum absolute atomic E-state index is 12.7. The third kappa shape index (κ3) is 5.74. The van der Waals surface area contributed by atoms with E-state index in [1.807, 2.05) is 0 Å². The topological polar surface area (TPSA) is 66.9 Å². The highest BCUT2D eigenvalue weighted by atomic mass is 19.4. The van der Waals surface area contributed by atoms with Crippen molar-refractivity contribution in [1.82, 2.24) is 9.97 Å². The molecule has 2 rings (SSSR count). The summed E-state index contributed by atoms with van der Waals surface area (Å²) in [5.41, 5.74) is -0.712. The number of halogens is 3. The number of amides is 1. The molecular formula is C17H19F3N4O. The van der Waals surface area contributed by atoms with Gasteiger partial charge in [-0.1, -0.05) is 19.9 Å². The first-order chi connectivity index (χ1) is 11.8. The van der Waals surface area contributed by atoms with E-state index in [1.54, 1.807) is 0 Å². The van der Waals surface area contributed by atoms with Crippen LogP contribution in [0.4, 0.5) is 24.7 Å². The van der Waals surface area contributed by atoms with E-state index < -0.39 is 17.6 Å². The summed E-state index contributed by atoms with van der Waals surface area (Å²) in [5.74, 6) is 0.413. The number of benzene rings is 1. The highest BCUT2D eigenvalue weighted by Gasteiger charge is 2.30. The van der Waals surface area contributed by atoms with Crippen LogP contribution in [0.1, 0.15) is 36.3 Å². The number of carbonyl (C=O) groups is 1. The Hall–Kier alpha value is -2.64. The molecule has 1 aromatic carbocycles. The van der Waals surface area contributed by atoms with Gasteiger partial charge in [-0.3, -0.25) is 4.79 Å². The molecule has 0 bridgehead atoms. The quantitative estimate of drug-likeness (QED) is 0.817. The van der Waals surface area contributed by atoms with E-state index in [0.29, 0.717) is 18.3 Å². The summed E-state index contributed by atoms with van der Waals surface area (Å²) >= 11 is 0. The SMILES string of the molecule is CC(C)CCNc1cc(C(=O)Nc2cccc(C(F)(F)F)c2)ncn1. The Morgan fingerprint density at radius 1 is 1.20 bits per heavy atom. The van der Waals surface area contributed by atoms with Gasteiger partial charge in [0, 0.05) is 18.3 Å². The molecule has 0 aliphatic rings. The molecule has 0 saturated heterocycles. The predicted octanol–water partition coefficient (Wildman–Crippen LogP) is 4.21. The molecule has 1 heterocycles. The second-order valence-electron chi connectivity index (χ2n) is 5.93. The molecule has 1 aromatic heterocycles. The fourth-order valence-corrected chi connectivity index (χ4v) is 2.04. The molecule has 0 unspecified atom stereocenters. The Morgan fingerprint density at radius 3 is 2.64 bits per heavy atom. The molecule has 1 amide bonds. The van der Waals surface area contributed by atoms with Crippen LogP contribution in [0.15, 0.2) is 36.7 Å². The minimum absolute atomic E-state index is 0.0488. The van der Waals surface area contributed by atoms with E-state index in [2.05, 4.69) is 34.4 Å². The Balaban J connectivity index is 2.06. The minimum Gasteiger partial charge on any atom is -0.370 e. The number of nitrogens with one attached hydrogen (secondary N) is 2.